The van der Waals surface area contributed by atoms with E-state index in [2.05, 4.69) is 173 Å². The predicted molar refractivity (Wildman–Crippen MR) is 197 cm³/mol. The third-order valence-corrected chi connectivity index (χ3v) is 9.38. The van der Waals surface area contributed by atoms with Crippen molar-refractivity contribution < 1.29 is 0 Å². The number of benzene rings is 7. The molecular formula is C43H27N5. The second-order valence-electron chi connectivity index (χ2n) is 12.1. The van der Waals surface area contributed by atoms with Crippen molar-refractivity contribution >= 4 is 54.4 Å². The highest BCUT2D eigenvalue weighted by molar-refractivity contribution is 6.10. The number of para-hydroxylation sites is 5. The summed E-state index contributed by atoms with van der Waals surface area (Å²) >= 11 is 0. The molecule has 0 unspecified atom stereocenters. The van der Waals surface area contributed by atoms with E-state index in [-0.39, 0.29) is 0 Å². The lowest BCUT2D eigenvalue weighted by Gasteiger charge is -2.15. The molecule has 7 aromatic carbocycles. The monoisotopic (exact) mass is 613 g/mol. The Labute approximate surface area is 276 Å². The fraction of sp³-hybridized carbons (Fsp3) is 0. The molecule has 48 heavy (non-hydrogen) atoms. The molecule has 0 saturated heterocycles. The van der Waals surface area contributed by atoms with E-state index in [0.717, 1.165) is 55.0 Å². The van der Waals surface area contributed by atoms with Crippen LogP contribution in [0.4, 0.5) is 0 Å². The summed E-state index contributed by atoms with van der Waals surface area (Å²) in [5, 5.41) is 7.06. The smallest absolute Gasteiger partial charge is 0.238 e. The lowest BCUT2D eigenvalue weighted by molar-refractivity contribution is 0.952. The minimum Gasteiger partial charge on any atom is -0.309 e. The minimum absolute atomic E-state index is 0.581. The van der Waals surface area contributed by atoms with Gasteiger partial charge in [-0.25, -0.2) is 4.98 Å². The van der Waals surface area contributed by atoms with Crippen LogP contribution in [0.5, 0.6) is 0 Å². The van der Waals surface area contributed by atoms with Crippen LogP contribution in [-0.2, 0) is 0 Å². The zero-order chi connectivity index (χ0) is 31.6. The van der Waals surface area contributed by atoms with Crippen LogP contribution in [0.15, 0.2) is 164 Å². The summed E-state index contributed by atoms with van der Waals surface area (Å²) < 4.78 is 4.50. The Balaban J connectivity index is 1.29. The van der Waals surface area contributed by atoms with Gasteiger partial charge in [0.15, 0.2) is 11.6 Å². The topological polar surface area (TPSA) is 48.5 Å². The van der Waals surface area contributed by atoms with Crippen LogP contribution in [0.25, 0.3) is 88.8 Å². The van der Waals surface area contributed by atoms with Crippen LogP contribution >= 0.6 is 0 Å². The zero-order valence-corrected chi connectivity index (χ0v) is 25.8. The largest absolute Gasteiger partial charge is 0.309 e. The molecule has 3 heterocycles. The average Bonchev–Trinajstić information content (AvgIpc) is 3.68. The van der Waals surface area contributed by atoms with Crippen LogP contribution in [0.2, 0.25) is 0 Å². The molecule has 3 aromatic heterocycles. The van der Waals surface area contributed by atoms with Gasteiger partial charge in [-0.15, -0.1) is 0 Å². The Morgan fingerprint density at radius 1 is 0.354 bits per heavy atom. The summed E-state index contributed by atoms with van der Waals surface area (Å²) in [5.41, 5.74) is 7.25. The molecule has 5 heteroatoms. The maximum atomic E-state index is 5.29. The van der Waals surface area contributed by atoms with Crippen molar-refractivity contribution in [2.75, 3.05) is 0 Å². The molecule has 0 aliphatic carbocycles. The summed E-state index contributed by atoms with van der Waals surface area (Å²) in [6.07, 6.45) is 0. The van der Waals surface area contributed by atoms with Gasteiger partial charge in [-0.05, 0) is 53.2 Å². The van der Waals surface area contributed by atoms with E-state index in [1.54, 1.807) is 0 Å². The molecule has 224 valence electrons. The van der Waals surface area contributed by atoms with Gasteiger partial charge in [0.1, 0.15) is 0 Å². The molecular weight excluding hydrogens is 587 g/mol. The van der Waals surface area contributed by atoms with Crippen LogP contribution in [-0.4, -0.2) is 24.1 Å². The van der Waals surface area contributed by atoms with Crippen LogP contribution in [0, 0.1) is 0 Å². The normalized spacial score (nSPS) is 11.8. The minimum atomic E-state index is 0.581. The van der Waals surface area contributed by atoms with E-state index in [1.807, 2.05) is 0 Å². The highest BCUT2D eigenvalue weighted by Gasteiger charge is 2.21. The fourth-order valence-corrected chi connectivity index (χ4v) is 7.22. The number of hydrogen-bond donors (Lipinski definition) is 0. The van der Waals surface area contributed by atoms with Gasteiger partial charge in [-0.1, -0.05) is 121 Å². The first kappa shape index (κ1) is 26.6. The Morgan fingerprint density at radius 3 is 1.46 bits per heavy atom. The van der Waals surface area contributed by atoms with E-state index in [4.69, 9.17) is 15.0 Å². The maximum Gasteiger partial charge on any atom is 0.238 e. The van der Waals surface area contributed by atoms with Gasteiger partial charge >= 0.3 is 0 Å². The quantitative estimate of drug-likeness (QED) is 0.198. The molecule has 0 fully saturated rings. The molecule has 0 aliphatic rings. The van der Waals surface area contributed by atoms with E-state index in [1.165, 1.54) is 16.2 Å². The zero-order valence-electron chi connectivity index (χ0n) is 25.8. The fourth-order valence-electron chi connectivity index (χ4n) is 7.22. The first-order valence-electron chi connectivity index (χ1n) is 16.1. The molecule has 0 aliphatic heterocycles. The Hall–Kier alpha value is -6.59. The summed E-state index contributed by atoms with van der Waals surface area (Å²) in [5.74, 6) is 1.82. The molecule has 10 aromatic rings. The van der Waals surface area contributed by atoms with Crippen LogP contribution in [0.1, 0.15) is 0 Å². The van der Waals surface area contributed by atoms with E-state index in [0.29, 0.717) is 17.6 Å². The average molecular weight is 614 g/mol. The molecule has 0 amide bonds. The number of hydrogen-bond acceptors (Lipinski definition) is 3. The molecule has 0 saturated carbocycles. The predicted octanol–water partition coefficient (Wildman–Crippen LogP) is 10.6. The summed E-state index contributed by atoms with van der Waals surface area (Å²) in [6, 6.07) is 57.3. The second-order valence-corrected chi connectivity index (χ2v) is 12.1. The first-order valence-corrected chi connectivity index (χ1v) is 16.1. The number of nitrogens with zero attached hydrogens (tertiary/aromatic N) is 5. The molecule has 5 nitrogen and oxygen atoms in total. The van der Waals surface area contributed by atoms with Gasteiger partial charge in [-0.2, -0.15) is 9.97 Å². The molecule has 0 atom stereocenters. The molecule has 0 N–H and O–H groups in total. The van der Waals surface area contributed by atoms with Crippen molar-refractivity contribution in [2.24, 2.45) is 0 Å². The van der Waals surface area contributed by atoms with Crippen LogP contribution in [0.3, 0.4) is 0 Å². The number of fused-ring (bicyclic) bond motifs is 7. The SMILES string of the molecule is c1ccc(-n2c3ccccc3c3ccccc32)c(-c2nc(-c3ccc4ccccc4c3)nc(-n3c4ccccc4c4ccccc43)n2)c1. The van der Waals surface area contributed by atoms with Crippen molar-refractivity contribution in [2.45, 2.75) is 0 Å². The van der Waals surface area contributed by atoms with Gasteiger partial charge in [0.25, 0.3) is 0 Å². The standard InChI is InChI=1S/C43H27N5/c1-2-14-29-27-30(26-25-28(29)13-1)41-44-42(46-43(45-41)48-38-22-10-5-17-33(38)34-18-6-11-23-39(34)48)35-19-7-12-24-40(35)47-36-20-8-3-15-31(36)32-16-4-9-21-37(32)47/h1-27H. The summed E-state index contributed by atoms with van der Waals surface area (Å²) in [7, 11) is 0. The second kappa shape index (κ2) is 10.5. The van der Waals surface area contributed by atoms with E-state index < -0.39 is 0 Å². The summed E-state index contributed by atoms with van der Waals surface area (Å²) in [6.45, 7) is 0. The van der Waals surface area contributed by atoms with Crippen molar-refractivity contribution in [1.29, 1.82) is 0 Å². The Bertz CT molecular complexity index is 2750. The van der Waals surface area contributed by atoms with E-state index >= 15 is 0 Å². The van der Waals surface area contributed by atoms with Crippen molar-refractivity contribution in [3.8, 4) is 34.4 Å². The van der Waals surface area contributed by atoms with Crippen molar-refractivity contribution in [3.05, 3.63) is 164 Å². The van der Waals surface area contributed by atoms with Gasteiger partial charge in [0.05, 0.1) is 27.8 Å². The highest BCUT2D eigenvalue weighted by atomic mass is 15.2. The molecule has 0 radical (unpaired) electrons. The molecule has 10 rings (SSSR count). The number of aromatic nitrogens is 5. The third-order valence-electron chi connectivity index (χ3n) is 9.38. The van der Waals surface area contributed by atoms with E-state index in [9.17, 15) is 0 Å². The van der Waals surface area contributed by atoms with Gasteiger partial charge < -0.3 is 4.57 Å². The highest BCUT2D eigenvalue weighted by Crippen LogP contribution is 2.37. The van der Waals surface area contributed by atoms with Gasteiger partial charge in [-0.3, -0.25) is 4.57 Å². The lowest BCUT2D eigenvalue weighted by Crippen LogP contribution is -2.07. The van der Waals surface area contributed by atoms with Gasteiger partial charge in [0, 0.05) is 32.7 Å². The van der Waals surface area contributed by atoms with Crippen molar-refractivity contribution in [1.82, 2.24) is 24.1 Å². The van der Waals surface area contributed by atoms with Crippen LogP contribution < -0.4 is 0 Å². The van der Waals surface area contributed by atoms with Crippen molar-refractivity contribution in [3.63, 3.8) is 0 Å². The lowest BCUT2D eigenvalue weighted by atomic mass is 10.1. The maximum absolute atomic E-state index is 5.29. The molecule has 0 bridgehead atoms. The van der Waals surface area contributed by atoms with Gasteiger partial charge in [0.2, 0.25) is 5.95 Å². The number of rotatable bonds is 4. The first-order chi connectivity index (χ1) is 23.8. The Kier molecular flexibility index (Phi) is 5.81. The molecule has 0 spiro atoms. The summed E-state index contributed by atoms with van der Waals surface area (Å²) in [4.78, 5) is 15.7. The Morgan fingerprint density at radius 2 is 0.833 bits per heavy atom. The third kappa shape index (κ3) is 4.01.